The smallest absolute Gasteiger partial charge is 0.249 e. The lowest BCUT2D eigenvalue weighted by atomic mass is 10.1. The van der Waals surface area contributed by atoms with Crippen LogP contribution in [0.1, 0.15) is 51.4 Å². The van der Waals surface area contributed by atoms with Gasteiger partial charge in [0.25, 0.3) is 0 Å². The summed E-state index contributed by atoms with van der Waals surface area (Å²) in [7, 11) is 0. The van der Waals surface area contributed by atoms with E-state index in [2.05, 4.69) is 5.32 Å². The van der Waals surface area contributed by atoms with E-state index >= 15 is 0 Å². The lowest BCUT2D eigenvalue weighted by Gasteiger charge is -2.18. The van der Waals surface area contributed by atoms with Crippen LogP contribution in [-0.4, -0.2) is 24.7 Å². The highest BCUT2D eigenvalue weighted by Gasteiger charge is 2.25. The number of hydrogen-bond donors (Lipinski definition) is 1. The third-order valence-electron chi connectivity index (χ3n) is 3.42. The average molecular weight is 211 g/mol. The molecule has 0 radical (unpaired) electrons. The zero-order valence-electron chi connectivity index (χ0n) is 9.34. The van der Waals surface area contributed by atoms with Crippen LogP contribution in [-0.2, 0) is 9.53 Å². The zero-order valence-corrected chi connectivity index (χ0v) is 9.34. The molecule has 0 aromatic heterocycles. The number of carbonyl (C=O) groups is 1. The molecule has 1 heterocycles. The van der Waals surface area contributed by atoms with E-state index in [0.717, 1.165) is 32.3 Å². The summed E-state index contributed by atoms with van der Waals surface area (Å²) in [4.78, 5) is 11.8. The Labute approximate surface area is 91.6 Å². The maximum atomic E-state index is 11.8. The lowest BCUT2D eigenvalue weighted by molar-refractivity contribution is -0.130. The second kappa shape index (κ2) is 5.50. The SMILES string of the molecule is O=C(NC1CCCCCC1)[C@@H]1CCCO1. The van der Waals surface area contributed by atoms with Gasteiger partial charge in [0.1, 0.15) is 6.10 Å². The Bertz CT molecular complexity index is 204. The summed E-state index contributed by atoms with van der Waals surface area (Å²) in [5, 5.41) is 3.14. The first-order valence-electron chi connectivity index (χ1n) is 6.28. The quantitative estimate of drug-likeness (QED) is 0.709. The minimum Gasteiger partial charge on any atom is -0.368 e. The minimum atomic E-state index is -0.159. The Kier molecular flexibility index (Phi) is 4.01. The Morgan fingerprint density at radius 3 is 2.33 bits per heavy atom. The molecule has 1 saturated heterocycles. The van der Waals surface area contributed by atoms with Crippen LogP contribution < -0.4 is 5.32 Å². The summed E-state index contributed by atoms with van der Waals surface area (Å²) in [5.41, 5.74) is 0. The van der Waals surface area contributed by atoms with E-state index in [4.69, 9.17) is 4.74 Å². The van der Waals surface area contributed by atoms with Gasteiger partial charge in [-0.2, -0.15) is 0 Å². The monoisotopic (exact) mass is 211 g/mol. The molecule has 2 aliphatic rings. The molecule has 86 valence electrons. The predicted molar refractivity (Wildman–Crippen MR) is 58.6 cm³/mol. The third-order valence-corrected chi connectivity index (χ3v) is 3.42. The summed E-state index contributed by atoms with van der Waals surface area (Å²) in [6, 6.07) is 0.407. The maximum Gasteiger partial charge on any atom is 0.249 e. The molecule has 0 aromatic carbocycles. The van der Waals surface area contributed by atoms with Gasteiger partial charge in [-0.1, -0.05) is 25.7 Å². The molecule has 1 saturated carbocycles. The average Bonchev–Trinajstić information content (AvgIpc) is 2.65. The number of amides is 1. The molecular formula is C12H21NO2. The van der Waals surface area contributed by atoms with Crippen molar-refractivity contribution in [3.05, 3.63) is 0 Å². The van der Waals surface area contributed by atoms with Gasteiger partial charge in [-0.05, 0) is 25.7 Å². The highest BCUT2D eigenvalue weighted by atomic mass is 16.5. The summed E-state index contributed by atoms with van der Waals surface area (Å²) >= 11 is 0. The van der Waals surface area contributed by atoms with Gasteiger partial charge < -0.3 is 10.1 Å². The van der Waals surface area contributed by atoms with Crippen LogP contribution >= 0.6 is 0 Å². The molecule has 0 bridgehead atoms. The molecule has 3 heteroatoms. The van der Waals surface area contributed by atoms with Crippen molar-refractivity contribution in [2.75, 3.05) is 6.61 Å². The Morgan fingerprint density at radius 1 is 1.00 bits per heavy atom. The zero-order chi connectivity index (χ0) is 10.5. The van der Waals surface area contributed by atoms with Gasteiger partial charge >= 0.3 is 0 Å². The maximum absolute atomic E-state index is 11.8. The van der Waals surface area contributed by atoms with Gasteiger partial charge in [0.05, 0.1) is 0 Å². The van der Waals surface area contributed by atoms with Crippen molar-refractivity contribution in [3.8, 4) is 0 Å². The molecule has 3 nitrogen and oxygen atoms in total. The number of rotatable bonds is 2. The van der Waals surface area contributed by atoms with Crippen molar-refractivity contribution in [2.24, 2.45) is 0 Å². The fourth-order valence-corrected chi connectivity index (χ4v) is 2.50. The fraction of sp³-hybridized carbons (Fsp3) is 0.917. The van der Waals surface area contributed by atoms with E-state index in [1.807, 2.05) is 0 Å². The van der Waals surface area contributed by atoms with Crippen LogP contribution in [0.2, 0.25) is 0 Å². The van der Waals surface area contributed by atoms with Gasteiger partial charge in [0.15, 0.2) is 0 Å². The van der Waals surface area contributed by atoms with Gasteiger partial charge in [-0.25, -0.2) is 0 Å². The molecule has 0 unspecified atom stereocenters. The van der Waals surface area contributed by atoms with Crippen LogP contribution in [0.4, 0.5) is 0 Å². The van der Waals surface area contributed by atoms with Crippen LogP contribution in [0.15, 0.2) is 0 Å². The van der Waals surface area contributed by atoms with Gasteiger partial charge in [0.2, 0.25) is 5.91 Å². The van der Waals surface area contributed by atoms with E-state index in [1.54, 1.807) is 0 Å². The van der Waals surface area contributed by atoms with Crippen LogP contribution in [0.5, 0.6) is 0 Å². The highest BCUT2D eigenvalue weighted by Crippen LogP contribution is 2.18. The van der Waals surface area contributed by atoms with Crippen LogP contribution in [0, 0.1) is 0 Å². The van der Waals surface area contributed by atoms with E-state index in [0.29, 0.717) is 6.04 Å². The first-order chi connectivity index (χ1) is 7.36. The molecule has 1 atom stereocenters. The third kappa shape index (κ3) is 3.20. The summed E-state index contributed by atoms with van der Waals surface area (Å²) in [6.45, 7) is 0.753. The number of nitrogens with one attached hydrogen (secondary N) is 1. The Morgan fingerprint density at radius 2 is 1.73 bits per heavy atom. The molecular weight excluding hydrogens is 190 g/mol. The second-order valence-electron chi connectivity index (χ2n) is 4.70. The van der Waals surface area contributed by atoms with Crippen LogP contribution in [0.3, 0.4) is 0 Å². The molecule has 2 fully saturated rings. The normalized spacial score (nSPS) is 28.7. The molecule has 0 aromatic rings. The topological polar surface area (TPSA) is 38.3 Å². The Balaban J connectivity index is 1.76. The number of carbonyl (C=O) groups excluding carboxylic acids is 1. The van der Waals surface area contributed by atoms with Crippen LogP contribution in [0.25, 0.3) is 0 Å². The van der Waals surface area contributed by atoms with Crippen molar-refractivity contribution in [1.29, 1.82) is 0 Å². The Hall–Kier alpha value is -0.570. The van der Waals surface area contributed by atoms with Crippen molar-refractivity contribution in [1.82, 2.24) is 5.32 Å². The molecule has 1 amide bonds. The molecule has 0 spiro atoms. The van der Waals surface area contributed by atoms with E-state index < -0.39 is 0 Å². The predicted octanol–water partition coefficient (Wildman–Crippen LogP) is 2.00. The summed E-state index contributed by atoms with van der Waals surface area (Å²) in [5.74, 6) is 0.124. The standard InChI is InChI=1S/C12H21NO2/c14-12(11-8-5-9-15-11)13-10-6-3-1-2-4-7-10/h10-11H,1-9H2,(H,13,14)/t11-/m0/s1. The van der Waals surface area contributed by atoms with Gasteiger partial charge in [-0.15, -0.1) is 0 Å². The molecule has 2 rings (SSSR count). The van der Waals surface area contributed by atoms with Gasteiger partial charge in [-0.3, -0.25) is 4.79 Å². The lowest BCUT2D eigenvalue weighted by Crippen LogP contribution is -2.40. The molecule has 1 aliphatic heterocycles. The summed E-state index contributed by atoms with van der Waals surface area (Å²) < 4.78 is 5.38. The minimum absolute atomic E-state index is 0.124. The summed E-state index contributed by atoms with van der Waals surface area (Å²) in [6.07, 6.45) is 9.25. The van der Waals surface area contributed by atoms with Gasteiger partial charge in [0, 0.05) is 12.6 Å². The number of ether oxygens (including phenoxy) is 1. The van der Waals surface area contributed by atoms with Crippen molar-refractivity contribution in [2.45, 2.75) is 63.5 Å². The molecule has 1 N–H and O–H groups in total. The highest BCUT2D eigenvalue weighted by molar-refractivity contribution is 5.81. The van der Waals surface area contributed by atoms with Crippen molar-refractivity contribution >= 4 is 5.91 Å². The fourth-order valence-electron chi connectivity index (χ4n) is 2.50. The molecule has 15 heavy (non-hydrogen) atoms. The van der Waals surface area contributed by atoms with E-state index in [1.165, 1.54) is 25.7 Å². The largest absolute Gasteiger partial charge is 0.368 e. The first-order valence-corrected chi connectivity index (χ1v) is 6.28. The van der Waals surface area contributed by atoms with E-state index in [-0.39, 0.29) is 12.0 Å². The second-order valence-corrected chi connectivity index (χ2v) is 4.70. The first kappa shape index (κ1) is 10.9. The van der Waals surface area contributed by atoms with Crippen molar-refractivity contribution < 1.29 is 9.53 Å². The molecule has 1 aliphatic carbocycles. The van der Waals surface area contributed by atoms with E-state index in [9.17, 15) is 4.79 Å². The number of hydrogen-bond acceptors (Lipinski definition) is 2. The van der Waals surface area contributed by atoms with Crippen molar-refractivity contribution in [3.63, 3.8) is 0 Å².